The predicted molar refractivity (Wildman–Crippen MR) is 115 cm³/mol. The highest BCUT2D eigenvalue weighted by Gasteiger charge is 2.16. The maximum Gasteiger partial charge on any atom is 0.184 e. The molecule has 0 unspecified atom stereocenters. The Morgan fingerprint density at radius 1 is 1.29 bits per heavy atom. The number of hydrogen-bond acceptors (Lipinski definition) is 7. The normalized spacial score (nSPS) is 11.4. The molecule has 0 amide bonds. The number of ether oxygens (including phenoxy) is 1. The second-order valence-corrected chi connectivity index (χ2v) is 7.78. The van der Waals surface area contributed by atoms with Gasteiger partial charge in [-0.3, -0.25) is 0 Å². The van der Waals surface area contributed by atoms with Gasteiger partial charge in [0.1, 0.15) is 22.8 Å². The number of nitrogens with two attached hydrogens (primary N) is 1. The van der Waals surface area contributed by atoms with Crippen LogP contribution in [-0.4, -0.2) is 34.2 Å². The predicted octanol–water partition coefficient (Wildman–Crippen LogP) is 4.12. The molecule has 28 heavy (non-hydrogen) atoms. The molecule has 0 saturated carbocycles. The number of amidine groups is 1. The number of aromatic nitrogens is 2. The number of nitrogens with zero attached hydrogens (tertiary/aromatic N) is 3. The number of oxime groups is 1. The number of rotatable bonds is 8. The van der Waals surface area contributed by atoms with E-state index in [2.05, 4.69) is 48.5 Å². The fourth-order valence-corrected chi connectivity index (χ4v) is 3.79. The van der Waals surface area contributed by atoms with Crippen molar-refractivity contribution in [2.24, 2.45) is 10.9 Å². The monoisotopic (exact) mass is 461 g/mol. The summed E-state index contributed by atoms with van der Waals surface area (Å²) in [5.74, 6) is 1.32. The summed E-state index contributed by atoms with van der Waals surface area (Å²) in [7, 11) is 0. The average molecular weight is 462 g/mol. The Labute approximate surface area is 175 Å². The second-order valence-electron chi connectivity index (χ2n) is 5.81. The minimum absolute atomic E-state index is 0.0154. The van der Waals surface area contributed by atoms with Crippen molar-refractivity contribution in [1.29, 1.82) is 0 Å². The van der Waals surface area contributed by atoms with Crippen LogP contribution in [0.5, 0.6) is 5.75 Å². The zero-order valence-corrected chi connectivity index (χ0v) is 17.6. The van der Waals surface area contributed by atoms with Crippen LogP contribution in [0.3, 0.4) is 0 Å². The number of nitrogens with one attached hydrogen (secondary N) is 1. The first-order chi connectivity index (χ1) is 13.6. The van der Waals surface area contributed by atoms with Gasteiger partial charge in [-0.2, -0.15) is 0 Å². The molecule has 0 aliphatic carbocycles. The lowest BCUT2D eigenvalue weighted by molar-refractivity contribution is 0.317. The molecule has 0 radical (unpaired) electrons. The largest absolute Gasteiger partial charge is 0.492 e. The van der Waals surface area contributed by atoms with Crippen molar-refractivity contribution >= 4 is 38.9 Å². The Morgan fingerprint density at radius 3 is 2.79 bits per heavy atom. The first-order valence-corrected chi connectivity index (χ1v) is 10.3. The highest BCUT2D eigenvalue weighted by Crippen LogP contribution is 2.35. The van der Waals surface area contributed by atoms with Gasteiger partial charge in [0.25, 0.3) is 0 Å². The zero-order chi connectivity index (χ0) is 19.9. The standard InChI is InChI=1S/C19H20BrN5O2S/c1-2-27-15-10-16(28-18(15)19(21)25-26)14-9-17(24-11-23-14)22-8-7-12-3-5-13(20)6-4-12/h3-6,9-11,26H,2,7-8H2,1H3,(H2,21,25)(H,22,23,24). The van der Waals surface area contributed by atoms with Gasteiger partial charge < -0.3 is 21.0 Å². The smallest absolute Gasteiger partial charge is 0.184 e. The van der Waals surface area contributed by atoms with Gasteiger partial charge in [-0.15, -0.1) is 11.3 Å². The molecule has 2 heterocycles. The molecule has 1 aromatic carbocycles. The summed E-state index contributed by atoms with van der Waals surface area (Å²) in [5.41, 5.74) is 7.74. The van der Waals surface area contributed by atoms with E-state index in [9.17, 15) is 0 Å². The van der Waals surface area contributed by atoms with Crippen LogP contribution in [0.15, 0.2) is 52.4 Å². The van der Waals surface area contributed by atoms with Crippen molar-refractivity contribution in [3.63, 3.8) is 0 Å². The van der Waals surface area contributed by atoms with E-state index in [-0.39, 0.29) is 5.84 Å². The number of benzene rings is 1. The van der Waals surface area contributed by atoms with E-state index in [0.717, 1.165) is 33.8 Å². The minimum Gasteiger partial charge on any atom is -0.492 e. The molecule has 3 aromatic rings. The van der Waals surface area contributed by atoms with Gasteiger partial charge in [-0.25, -0.2) is 9.97 Å². The van der Waals surface area contributed by atoms with Crippen LogP contribution < -0.4 is 15.8 Å². The molecule has 0 aliphatic heterocycles. The van der Waals surface area contributed by atoms with Crippen LogP contribution in [-0.2, 0) is 6.42 Å². The molecular weight excluding hydrogens is 442 g/mol. The molecule has 7 nitrogen and oxygen atoms in total. The highest BCUT2D eigenvalue weighted by atomic mass is 79.9. The van der Waals surface area contributed by atoms with Gasteiger partial charge in [0, 0.05) is 23.2 Å². The van der Waals surface area contributed by atoms with E-state index in [1.54, 1.807) is 0 Å². The first kappa shape index (κ1) is 20.1. The number of hydrogen-bond donors (Lipinski definition) is 3. The number of halogens is 1. The molecular formula is C19H20BrN5O2S. The van der Waals surface area contributed by atoms with Crippen molar-refractivity contribution in [3.8, 4) is 16.3 Å². The van der Waals surface area contributed by atoms with Gasteiger partial charge in [-0.1, -0.05) is 33.2 Å². The van der Waals surface area contributed by atoms with E-state index < -0.39 is 0 Å². The lowest BCUT2D eigenvalue weighted by atomic mass is 10.1. The quantitative estimate of drug-likeness (QED) is 0.201. The Hall–Kier alpha value is -2.65. The van der Waals surface area contributed by atoms with E-state index >= 15 is 0 Å². The fraction of sp³-hybridized carbons (Fsp3) is 0.211. The van der Waals surface area contributed by atoms with Gasteiger partial charge in [0.05, 0.1) is 17.2 Å². The SMILES string of the molecule is CCOc1cc(-c2cc(NCCc3ccc(Br)cc3)ncn2)sc1/C(N)=N/O. The van der Waals surface area contributed by atoms with Crippen LogP contribution in [0.1, 0.15) is 17.4 Å². The summed E-state index contributed by atoms with van der Waals surface area (Å²) in [4.78, 5) is 10.0. The summed E-state index contributed by atoms with van der Waals surface area (Å²) in [5, 5.41) is 15.4. The second kappa shape index (κ2) is 9.52. The fourth-order valence-electron chi connectivity index (χ4n) is 2.56. The molecule has 0 bridgehead atoms. The molecule has 4 N–H and O–H groups in total. The van der Waals surface area contributed by atoms with Crippen molar-refractivity contribution in [2.45, 2.75) is 13.3 Å². The summed E-state index contributed by atoms with van der Waals surface area (Å²) in [6, 6.07) is 12.0. The van der Waals surface area contributed by atoms with Gasteiger partial charge >= 0.3 is 0 Å². The molecule has 0 spiro atoms. The average Bonchev–Trinajstić information content (AvgIpc) is 3.13. The molecule has 0 fully saturated rings. The van der Waals surface area contributed by atoms with E-state index in [4.69, 9.17) is 15.7 Å². The summed E-state index contributed by atoms with van der Waals surface area (Å²) < 4.78 is 6.66. The zero-order valence-electron chi connectivity index (χ0n) is 15.2. The van der Waals surface area contributed by atoms with Gasteiger partial charge in [-0.05, 0) is 31.0 Å². The van der Waals surface area contributed by atoms with E-state index in [0.29, 0.717) is 17.2 Å². The summed E-state index contributed by atoms with van der Waals surface area (Å²) >= 11 is 4.79. The molecule has 3 rings (SSSR count). The number of thiophene rings is 1. The molecule has 0 saturated heterocycles. The minimum atomic E-state index is 0.0154. The topological polar surface area (TPSA) is 106 Å². The Kier molecular flexibility index (Phi) is 6.83. The van der Waals surface area contributed by atoms with Crippen LogP contribution in [0.4, 0.5) is 5.82 Å². The lowest BCUT2D eigenvalue weighted by Crippen LogP contribution is -2.12. The maximum atomic E-state index is 8.99. The molecule has 0 atom stereocenters. The lowest BCUT2D eigenvalue weighted by Gasteiger charge is -2.06. The van der Waals surface area contributed by atoms with Gasteiger partial charge in [0.2, 0.25) is 0 Å². The Bertz CT molecular complexity index is 959. The van der Waals surface area contributed by atoms with Crippen molar-refractivity contribution in [3.05, 3.63) is 57.6 Å². The summed E-state index contributed by atoms with van der Waals surface area (Å²) in [6.07, 6.45) is 2.40. The van der Waals surface area contributed by atoms with Crippen LogP contribution in [0, 0.1) is 0 Å². The van der Waals surface area contributed by atoms with Crippen molar-refractivity contribution in [2.75, 3.05) is 18.5 Å². The maximum absolute atomic E-state index is 8.99. The van der Waals surface area contributed by atoms with Crippen LogP contribution in [0.25, 0.3) is 10.6 Å². The van der Waals surface area contributed by atoms with E-state index in [1.165, 1.54) is 23.2 Å². The Balaban J connectivity index is 1.73. The number of anilines is 1. The summed E-state index contributed by atoms with van der Waals surface area (Å²) in [6.45, 7) is 3.11. The van der Waals surface area contributed by atoms with Crippen molar-refractivity contribution < 1.29 is 9.94 Å². The van der Waals surface area contributed by atoms with E-state index in [1.807, 2.05) is 31.2 Å². The third-order valence-corrected chi connectivity index (χ3v) is 5.58. The van der Waals surface area contributed by atoms with Crippen LogP contribution in [0.2, 0.25) is 0 Å². The van der Waals surface area contributed by atoms with Crippen LogP contribution >= 0.6 is 27.3 Å². The third kappa shape index (κ3) is 4.99. The Morgan fingerprint density at radius 2 is 2.07 bits per heavy atom. The molecule has 146 valence electrons. The third-order valence-electron chi connectivity index (χ3n) is 3.89. The molecule has 2 aromatic heterocycles. The first-order valence-electron chi connectivity index (χ1n) is 8.66. The molecule has 0 aliphatic rings. The molecule has 9 heteroatoms. The van der Waals surface area contributed by atoms with Gasteiger partial charge in [0.15, 0.2) is 5.84 Å². The highest BCUT2D eigenvalue weighted by molar-refractivity contribution is 9.10. The van der Waals surface area contributed by atoms with Crippen molar-refractivity contribution in [1.82, 2.24) is 9.97 Å².